The fraction of sp³-hybridized carbons (Fsp3) is 0.867. The summed E-state index contributed by atoms with van der Waals surface area (Å²) in [6.45, 7) is 8.51. The van der Waals surface area contributed by atoms with Gasteiger partial charge in [0.2, 0.25) is 5.91 Å². The molecule has 124 valence electrons. The van der Waals surface area contributed by atoms with Gasteiger partial charge in [0.15, 0.2) is 0 Å². The fourth-order valence-electron chi connectivity index (χ4n) is 1.78. The van der Waals surface area contributed by atoms with Crippen LogP contribution in [0.25, 0.3) is 0 Å². The Morgan fingerprint density at radius 2 is 1.71 bits per heavy atom. The summed E-state index contributed by atoms with van der Waals surface area (Å²) in [6, 6.07) is 0. The Morgan fingerprint density at radius 1 is 1.10 bits per heavy atom. The van der Waals surface area contributed by atoms with E-state index in [1.165, 1.54) is 6.92 Å². The Balaban J connectivity index is 3.42. The first-order valence-corrected chi connectivity index (χ1v) is 7.49. The zero-order valence-corrected chi connectivity index (χ0v) is 13.6. The lowest BCUT2D eigenvalue weighted by atomic mass is 9.85. The maximum absolute atomic E-state index is 11.7. The number of ether oxygens (including phenoxy) is 2. The minimum Gasteiger partial charge on any atom is -0.379 e. The molecule has 0 radical (unpaired) electrons. The van der Waals surface area contributed by atoms with Crippen LogP contribution in [0.3, 0.4) is 0 Å². The summed E-state index contributed by atoms with van der Waals surface area (Å²) in [5, 5.41) is 2.82. The van der Waals surface area contributed by atoms with Crippen molar-refractivity contribution < 1.29 is 19.1 Å². The van der Waals surface area contributed by atoms with Gasteiger partial charge in [0, 0.05) is 19.4 Å². The Hall–Kier alpha value is -0.980. The molecule has 0 aromatic carbocycles. The van der Waals surface area contributed by atoms with Crippen molar-refractivity contribution in [2.24, 2.45) is 11.1 Å². The molecule has 0 aliphatic carbocycles. The van der Waals surface area contributed by atoms with E-state index in [9.17, 15) is 9.59 Å². The smallest absolute Gasteiger partial charge is 0.220 e. The molecule has 1 amide bonds. The van der Waals surface area contributed by atoms with E-state index in [-0.39, 0.29) is 17.1 Å². The van der Waals surface area contributed by atoms with Crippen LogP contribution in [0.2, 0.25) is 0 Å². The molecule has 0 rings (SSSR count). The number of hydrogen-bond donors (Lipinski definition) is 2. The predicted molar refractivity (Wildman–Crippen MR) is 82.0 cm³/mol. The van der Waals surface area contributed by atoms with E-state index in [0.29, 0.717) is 52.4 Å². The molecule has 0 aliphatic rings. The average Bonchev–Trinajstić information content (AvgIpc) is 2.35. The molecule has 21 heavy (non-hydrogen) atoms. The monoisotopic (exact) mass is 302 g/mol. The van der Waals surface area contributed by atoms with E-state index in [1.807, 2.05) is 13.8 Å². The van der Waals surface area contributed by atoms with Gasteiger partial charge in [0.05, 0.1) is 26.4 Å². The Bertz CT molecular complexity index is 306. The van der Waals surface area contributed by atoms with Crippen LogP contribution in [-0.2, 0) is 19.1 Å². The van der Waals surface area contributed by atoms with Crippen LogP contribution >= 0.6 is 0 Å². The molecule has 0 aromatic rings. The van der Waals surface area contributed by atoms with E-state index in [2.05, 4.69) is 5.32 Å². The third-order valence-corrected chi connectivity index (χ3v) is 3.00. The molecule has 6 nitrogen and oxygen atoms in total. The van der Waals surface area contributed by atoms with E-state index in [1.54, 1.807) is 0 Å². The molecule has 0 spiro atoms. The fourth-order valence-corrected chi connectivity index (χ4v) is 1.78. The molecule has 0 atom stereocenters. The second kappa shape index (κ2) is 11.7. The number of rotatable bonds is 13. The topological polar surface area (TPSA) is 90.6 Å². The van der Waals surface area contributed by atoms with Crippen molar-refractivity contribution in [3.63, 3.8) is 0 Å². The Morgan fingerprint density at radius 3 is 2.29 bits per heavy atom. The third kappa shape index (κ3) is 13.7. The SMILES string of the molecule is CC(=O)CCOCCOCCNC(=O)CC(C)(C)CCN. The number of amides is 1. The van der Waals surface area contributed by atoms with Gasteiger partial charge < -0.3 is 20.5 Å². The van der Waals surface area contributed by atoms with Gasteiger partial charge in [-0.3, -0.25) is 9.59 Å². The lowest BCUT2D eigenvalue weighted by Gasteiger charge is -2.22. The molecule has 3 N–H and O–H groups in total. The molecule has 0 aliphatic heterocycles. The van der Waals surface area contributed by atoms with Crippen LogP contribution in [0.15, 0.2) is 0 Å². The van der Waals surface area contributed by atoms with Gasteiger partial charge in [-0.25, -0.2) is 0 Å². The van der Waals surface area contributed by atoms with E-state index in [0.717, 1.165) is 6.42 Å². The van der Waals surface area contributed by atoms with Crippen molar-refractivity contribution in [2.45, 2.75) is 40.0 Å². The van der Waals surface area contributed by atoms with Crippen molar-refractivity contribution >= 4 is 11.7 Å². The molecule has 6 heteroatoms. The quantitative estimate of drug-likeness (QED) is 0.493. The van der Waals surface area contributed by atoms with Crippen LogP contribution in [0, 0.1) is 5.41 Å². The van der Waals surface area contributed by atoms with Gasteiger partial charge in [-0.2, -0.15) is 0 Å². The Kier molecular flexibility index (Phi) is 11.1. The first-order valence-electron chi connectivity index (χ1n) is 7.49. The maximum Gasteiger partial charge on any atom is 0.220 e. The average molecular weight is 302 g/mol. The van der Waals surface area contributed by atoms with Crippen molar-refractivity contribution in [2.75, 3.05) is 39.5 Å². The van der Waals surface area contributed by atoms with Crippen LogP contribution in [0.4, 0.5) is 0 Å². The second-order valence-corrected chi connectivity index (χ2v) is 5.91. The van der Waals surface area contributed by atoms with Crippen molar-refractivity contribution in [1.82, 2.24) is 5.32 Å². The number of Topliss-reactive ketones (excluding diaryl/α,β-unsaturated/α-hetero) is 1. The molecule has 0 saturated carbocycles. The first-order chi connectivity index (χ1) is 9.87. The van der Waals surface area contributed by atoms with Crippen molar-refractivity contribution in [3.05, 3.63) is 0 Å². The standard InChI is InChI=1S/C15H30N2O4/c1-13(18)4-8-20-10-11-21-9-7-17-14(19)12-15(2,3)5-6-16/h4-12,16H2,1-3H3,(H,17,19). The first kappa shape index (κ1) is 20.0. The van der Waals surface area contributed by atoms with Crippen LogP contribution in [0.1, 0.15) is 40.0 Å². The zero-order valence-electron chi connectivity index (χ0n) is 13.6. The zero-order chi connectivity index (χ0) is 16.1. The van der Waals surface area contributed by atoms with Gasteiger partial charge >= 0.3 is 0 Å². The van der Waals surface area contributed by atoms with Gasteiger partial charge in [0.25, 0.3) is 0 Å². The van der Waals surface area contributed by atoms with E-state index < -0.39 is 0 Å². The summed E-state index contributed by atoms with van der Waals surface area (Å²) in [5.41, 5.74) is 5.45. The lowest BCUT2D eigenvalue weighted by molar-refractivity contribution is -0.123. The third-order valence-electron chi connectivity index (χ3n) is 3.00. The largest absolute Gasteiger partial charge is 0.379 e. The summed E-state index contributed by atoms with van der Waals surface area (Å²) in [5.74, 6) is 0.144. The van der Waals surface area contributed by atoms with Gasteiger partial charge in [-0.1, -0.05) is 13.8 Å². The van der Waals surface area contributed by atoms with Crippen molar-refractivity contribution in [1.29, 1.82) is 0 Å². The highest BCUT2D eigenvalue weighted by atomic mass is 16.5. The molecular formula is C15H30N2O4. The van der Waals surface area contributed by atoms with E-state index >= 15 is 0 Å². The highest BCUT2D eigenvalue weighted by molar-refractivity contribution is 5.76. The number of hydrogen-bond acceptors (Lipinski definition) is 5. The second-order valence-electron chi connectivity index (χ2n) is 5.91. The van der Waals surface area contributed by atoms with Gasteiger partial charge in [0.1, 0.15) is 5.78 Å². The Labute approximate surface area is 127 Å². The number of carbonyl (C=O) groups excluding carboxylic acids is 2. The van der Waals surface area contributed by atoms with Gasteiger partial charge in [-0.15, -0.1) is 0 Å². The minimum atomic E-state index is -0.0652. The summed E-state index contributed by atoms with van der Waals surface area (Å²) in [6.07, 6.45) is 1.74. The molecule has 0 saturated heterocycles. The lowest BCUT2D eigenvalue weighted by Crippen LogP contribution is -2.32. The molecule has 0 heterocycles. The molecular weight excluding hydrogens is 272 g/mol. The van der Waals surface area contributed by atoms with Crippen LogP contribution in [-0.4, -0.2) is 51.2 Å². The normalized spacial score (nSPS) is 11.4. The summed E-state index contributed by atoms with van der Waals surface area (Å²) >= 11 is 0. The predicted octanol–water partition coefficient (Wildman–Crippen LogP) is 0.880. The number of ketones is 1. The summed E-state index contributed by atoms with van der Waals surface area (Å²) < 4.78 is 10.5. The molecule has 0 bridgehead atoms. The highest BCUT2D eigenvalue weighted by Gasteiger charge is 2.20. The van der Waals surface area contributed by atoms with Crippen LogP contribution in [0.5, 0.6) is 0 Å². The van der Waals surface area contributed by atoms with Crippen molar-refractivity contribution in [3.8, 4) is 0 Å². The minimum absolute atomic E-state index is 0.0229. The molecule has 0 unspecified atom stereocenters. The molecule has 0 fully saturated rings. The van der Waals surface area contributed by atoms with E-state index in [4.69, 9.17) is 15.2 Å². The number of nitrogens with two attached hydrogens (primary N) is 1. The summed E-state index contributed by atoms with van der Waals surface area (Å²) in [7, 11) is 0. The molecule has 0 aromatic heterocycles. The number of carbonyl (C=O) groups is 2. The van der Waals surface area contributed by atoms with Gasteiger partial charge in [-0.05, 0) is 25.3 Å². The maximum atomic E-state index is 11.7. The highest BCUT2D eigenvalue weighted by Crippen LogP contribution is 2.23. The number of nitrogens with one attached hydrogen (secondary N) is 1. The summed E-state index contributed by atoms with van der Waals surface area (Å²) in [4.78, 5) is 22.4. The van der Waals surface area contributed by atoms with Crippen LogP contribution < -0.4 is 11.1 Å².